The first-order chi connectivity index (χ1) is 8.85. The Kier molecular flexibility index (Phi) is 3.97. The van der Waals surface area contributed by atoms with Crippen LogP contribution >= 0.6 is 11.8 Å². The van der Waals surface area contributed by atoms with Crippen LogP contribution < -0.4 is 5.32 Å². The first-order valence-corrected chi connectivity index (χ1v) is 8.28. The van der Waals surface area contributed by atoms with Crippen molar-refractivity contribution in [3.05, 3.63) is 23.7 Å². The summed E-state index contributed by atoms with van der Waals surface area (Å²) in [5.41, 5.74) is 0. The summed E-state index contributed by atoms with van der Waals surface area (Å²) < 4.78 is 5.77. The Morgan fingerprint density at radius 1 is 1.33 bits per heavy atom. The van der Waals surface area contributed by atoms with Crippen LogP contribution in [0.5, 0.6) is 0 Å². The lowest BCUT2D eigenvalue weighted by Gasteiger charge is -2.15. The summed E-state index contributed by atoms with van der Waals surface area (Å²) in [6.45, 7) is 3.37. The maximum absolute atomic E-state index is 5.77. The van der Waals surface area contributed by atoms with Gasteiger partial charge in [-0.1, -0.05) is 0 Å². The number of likely N-dealkylation sites (tertiary alicyclic amines) is 1. The molecule has 0 radical (unpaired) electrons. The van der Waals surface area contributed by atoms with Gasteiger partial charge in [0, 0.05) is 25.2 Å². The summed E-state index contributed by atoms with van der Waals surface area (Å²) in [7, 11) is 0. The maximum Gasteiger partial charge on any atom is 0.118 e. The molecule has 1 atom stereocenters. The molecule has 0 amide bonds. The lowest BCUT2D eigenvalue weighted by atomic mass is 10.2. The second-order valence-corrected chi connectivity index (χ2v) is 6.26. The van der Waals surface area contributed by atoms with Gasteiger partial charge in [-0.3, -0.25) is 4.90 Å². The lowest BCUT2D eigenvalue weighted by Crippen LogP contribution is -2.32. The Morgan fingerprint density at radius 2 is 2.17 bits per heavy atom. The molecule has 2 heterocycles. The zero-order valence-corrected chi connectivity index (χ0v) is 11.8. The van der Waals surface area contributed by atoms with Gasteiger partial charge in [0.2, 0.25) is 0 Å². The van der Waals surface area contributed by atoms with E-state index in [2.05, 4.69) is 28.6 Å². The van der Waals surface area contributed by atoms with Crippen LogP contribution in [-0.2, 0) is 12.3 Å². The van der Waals surface area contributed by atoms with Crippen molar-refractivity contribution in [3.63, 3.8) is 0 Å². The summed E-state index contributed by atoms with van der Waals surface area (Å²) in [5, 5.41) is 3.62. The van der Waals surface area contributed by atoms with Gasteiger partial charge in [-0.15, -0.1) is 0 Å². The van der Waals surface area contributed by atoms with E-state index in [0.29, 0.717) is 6.04 Å². The molecule has 1 aromatic rings. The molecular formula is C14H22N2OS. The molecule has 0 spiro atoms. The third-order valence-corrected chi connectivity index (χ3v) is 4.43. The van der Waals surface area contributed by atoms with E-state index in [0.717, 1.165) is 29.9 Å². The Balaban J connectivity index is 1.43. The fourth-order valence-electron chi connectivity index (χ4n) is 2.71. The van der Waals surface area contributed by atoms with E-state index in [1.165, 1.54) is 32.4 Å². The molecule has 2 aliphatic rings. The van der Waals surface area contributed by atoms with Crippen LogP contribution in [0.1, 0.15) is 30.8 Å². The van der Waals surface area contributed by atoms with Gasteiger partial charge < -0.3 is 9.73 Å². The van der Waals surface area contributed by atoms with Crippen molar-refractivity contribution in [2.45, 2.75) is 43.6 Å². The largest absolute Gasteiger partial charge is 0.464 e. The van der Waals surface area contributed by atoms with Crippen LogP contribution in [0.2, 0.25) is 0 Å². The second kappa shape index (κ2) is 5.68. The molecule has 2 fully saturated rings. The zero-order chi connectivity index (χ0) is 12.4. The van der Waals surface area contributed by atoms with Crippen LogP contribution in [0.3, 0.4) is 0 Å². The van der Waals surface area contributed by atoms with E-state index in [1.54, 1.807) is 11.8 Å². The molecule has 1 aliphatic heterocycles. The van der Waals surface area contributed by atoms with Crippen molar-refractivity contribution < 1.29 is 4.42 Å². The van der Waals surface area contributed by atoms with Gasteiger partial charge in [0.25, 0.3) is 0 Å². The maximum atomic E-state index is 5.77. The van der Waals surface area contributed by atoms with Gasteiger partial charge in [0.05, 0.1) is 12.3 Å². The minimum absolute atomic E-state index is 0.653. The standard InChI is InChI=1S/C14H22N2OS/c1-18-10-14-5-4-13(17-14)8-15-11-6-7-16(9-11)12-2-3-12/h4-5,11-12,15H,2-3,6-10H2,1H3. The SMILES string of the molecule is CSCc1ccc(CNC2CCN(C3CC3)C2)o1. The summed E-state index contributed by atoms with van der Waals surface area (Å²) in [4.78, 5) is 2.64. The molecule has 1 unspecified atom stereocenters. The highest BCUT2D eigenvalue weighted by Gasteiger charge is 2.34. The van der Waals surface area contributed by atoms with Crippen molar-refractivity contribution >= 4 is 11.8 Å². The van der Waals surface area contributed by atoms with Crippen molar-refractivity contribution in [1.29, 1.82) is 0 Å². The molecule has 1 saturated heterocycles. The number of thioether (sulfide) groups is 1. The van der Waals surface area contributed by atoms with Gasteiger partial charge in [-0.2, -0.15) is 11.8 Å². The number of hydrogen-bond donors (Lipinski definition) is 1. The highest BCUT2D eigenvalue weighted by atomic mass is 32.2. The molecule has 1 N–H and O–H groups in total. The Labute approximate surface area is 113 Å². The van der Waals surface area contributed by atoms with Crippen molar-refractivity contribution in [3.8, 4) is 0 Å². The fourth-order valence-corrected chi connectivity index (χ4v) is 3.15. The Bertz CT molecular complexity index is 389. The molecule has 0 aromatic carbocycles. The van der Waals surface area contributed by atoms with Gasteiger partial charge >= 0.3 is 0 Å². The second-order valence-electron chi connectivity index (χ2n) is 5.39. The summed E-state index contributed by atoms with van der Waals surface area (Å²) >= 11 is 1.80. The molecule has 1 aliphatic carbocycles. The van der Waals surface area contributed by atoms with E-state index in [4.69, 9.17) is 4.42 Å². The van der Waals surface area contributed by atoms with Crippen molar-refractivity contribution in [2.75, 3.05) is 19.3 Å². The van der Waals surface area contributed by atoms with Crippen LogP contribution in [-0.4, -0.2) is 36.3 Å². The number of rotatable bonds is 6. The number of nitrogens with one attached hydrogen (secondary N) is 1. The van der Waals surface area contributed by atoms with E-state index in [9.17, 15) is 0 Å². The number of hydrogen-bond acceptors (Lipinski definition) is 4. The number of nitrogens with zero attached hydrogens (tertiary/aromatic N) is 1. The first-order valence-electron chi connectivity index (χ1n) is 6.89. The molecule has 4 heteroatoms. The van der Waals surface area contributed by atoms with Crippen LogP contribution in [0.25, 0.3) is 0 Å². The van der Waals surface area contributed by atoms with E-state index in [1.807, 2.05) is 0 Å². The van der Waals surface area contributed by atoms with E-state index in [-0.39, 0.29) is 0 Å². The fraction of sp³-hybridized carbons (Fsp3) is 0.714. The van der Waals surface area contributed by atoms with Crippen molar-refractivity contribution in [2.24, 2.45) is 0 Å². The summed E-state index contributed by atoms with van der Waals surface area (Å²) in [6.07, 6.45) is 6.23. The normalized spacial score (nSPS) is 24.8. The first kappa shape index (κ1) is 12.6. The highest BCUT2D eigenvalue weighted by Crippen LogP contribution is 2.29. The van der Waals surface area contributed by atoms with Crippen LogP contribution in [0.15, 0.2) is 16.5 Å². The van der Waals surface area contributed by atoms with Gasteiger partial charge in [-0.05, 0) is 37.7 Å². The van der Waals surface area contributed by atoms with Crippen LogP contribution in [0, 0.1) is 0 Å². The predicted octanol–water partition coefficient (Wildman–Crippen LogP) is 2.47. The van der Waals surface area contributed by atoms with E-state index >= 15 is 0 Å². The monoisotopic (exact) mass is 266 g/mol. The summed E-state index contributed by atoms with van der Waals surface area (Å²) in [5.74, 6) is 3.13. The van der Waals surface area contributed by atoms with Gasteiger partial charge in [-0.25, -0.2) is 0 Å². The molecule has 0 bridgehead atoms. The molecule has 1 aromatic heterocycles. The molecule has 1 saturated carbocycles. The molecular weight excluding hydrogens is 244 g/mol. The zero-order valence-electron chi connectivity index (χ0n) is 11.0. The van der Waals surface area contributed by atoms with Gasteiger partial charge in [0.1, 0.15) is 11.5 Å². The predicted molar refractivity (Wildman–Crippen MR) is 75.8 cm³/mol. The summed E-state index contributed by atoms with van der Waals surface area (Å²) in [6, 6.07) is 5.76. The average molecular weight is 266 g/mol. The smallest absolute Gasteiger partial charge is 0.118 e. The lowest BCUT2D eigenvalue weighted by molar-refractivity contribution is 0.315. The van der Waals surface area contributed by atoms with Crippen LogP contribution in [0.4, 0.5) is 0 Å². The molecule has 18 heavy (non-hydrogen) atoms. The third kappa shape index (κ3) is 3.11. The topological polar surface area (TPSA) is 28.4 Å². The Morgan fingerprint density at radius 3 is 2.94 bits per heavy atom. The average Bonchev–Trinajstić information content (AvgIpc) is 2.95. The van der Waals surface area contributed by atoms with Gasteiger partial charge in [0.15, 0.2) is 0 Å². The quantitative estimate of drug-likeness (QED) is 0.856. The van der Waals surface area contributed by atoms with Crippen molar-refractivity contribution in [1.82, 2.24) is 10.2 Å². The molecule has 3 rings (SSSR count). The highest BCUT2D eigenvalue weighted by molar-refractivity contribution is 7.97. The van der Waals surface area contributed by atoms with E-state index < -0.39 is 0 Å². The Hall–Kier alpha value is -0.450. The molecule has 100 valence electrons. The number of furan rings is 1. The molecule has 3 nitrogen and oxygen atoms in total. The minimum Gasteiger partial charge on any atom is -0.464 e. The minimum atomic E-state index is 0.653. The third-order valence-electron chi connectivity index (χ3n) is 3.85.